The zero-order chi connectivity index (χ0) is 17.9. The molecule has 0 N–H and O–H groups in total. The highest BCUT2D eigenvalue weighted by molar-refractivity contribution is 5.64. The van der Waals surface area contributed by atoms with E-state index in [1.165, 1.54) is 0 Å². The van der Waals surface area contributed by atoms with E-state index in [2.05, 4.69) is 0 Å². The molecule has 9 nitrogen and oxygen atoms in total. The van der Waals surface area contributed by atoms with Crippen molar-refractivity contribution in [2.45, 2.75) is 76.7 Å². The Morgan fingerprint density at radius 2 is 0.833 bits per heavy atom. The zero-order valence-electron chi connectivity index (χ0n) is 13.3. The lowest BCUT2D eigenvalue weighted by atomic mass is 10.2. The summed E-state index contributed by atoms with van der Waals surface area (Å²) in [6.45, 7) is 0. The molecule has 0 spiro atoms. The van der Waals surface area contributed by atoms with Crippen molar-refractivity contribution in [3.05, 3.63) is 0 Å². The van der Waals surface area contributed by atoms with Gasteiger partial charge in [-0.2, -0.15) is 0 Å². The molecule has 1 rings (SSSR count). The van der Waals surface area contributed by atoms with Crippen LogP contribution >= 0.6 is 0 Å². The lowest BCUT2D eigenvalue weighted by Crippen LogP contribution is -2.41. The topological polar surface area (TPSA) is 148 Å². The van der Waals surface area contributed by atoms with Crippen molar-refractivity contribution in [3.8, 4) is 0 Å². The summed E-state index contributed by atoms with van der Waals surface area (Å²) < 4.78 is 16.5. The van der Waals surface area contributed by atoms with Crippen molar-refractivity contribution < 1.29 is 43.9 Å². The number of carboxylic acid groups (broad SMARTS) is 3. The van der Waals surface area contributed by atoms with Crippen molar-refractivity contribution >= 4 is 17.9 Å². The molecule has 24 heavy (non-hydrogen) atoms. The first-order valence-electron chi connectivity index (χ1n) is 7.92. The zero-order valence-corrected chi connectivity index (χ0v) is 13.3. The Hall–Kier alpha value is -1.71. The number of hydrogen-bond donors (Lipinski definition) is 0. The molecule has 1 fully saturated rings. The number of carboxylic acids is 3. The molecule has 9 heteroatoms. The molecule has 138 valence electrons. The third-order valence-corrected chi connectivity index (χ3v) is 3.37. The van der Waals surface area contributed by atoms with Gasteiger partial charge in [0.1, 0.15) is 0 Å². The van der Waals surface area contributed by atoms with Gasteiger partial charge in [-0.1, -0.05) is 0 Å². The fraction of sp³-hybridized carbons (Fsp3) is 0.800. The second kappa shape index (κ2) is 11.0. The van der Waals surface area contributed by atoms with Crippen LogP contribution < -0.4 is 15.3 Å². The van der Waals surface area contributed by atoms with Crippen molar-refractivity contribution in [2.24, 2.45) is 0 Å². The first-order chi connectivity index (χ1) is 11.4. The van der Waals surface area contributed by atoms with Crippen molar-refractivity contribution in [1.29, 1.82) is 0 Å². The fourth-order valence-electron chi connectivity index (χ4n) is 2.25. The Labute approximate surface area is 139 Å². The minimum atomic E-state index is -1.17. The van der Waals surface area contributed by atoms with Gasteiger partial charge in [-0.3, -0.25) is 0 Å². The van der Waals surface area contributed by atoms with Gasteiger partial charge < -0.3 is 43.9 Å². The Balaban J connectivity index is 2.45. The van der Waals surface area contributed by atoms with Gasteiger partial charge >= 0.3 is 0 Å². The van der Waals surface area contributed by atoms with E-state index in [0.29, 0.717) is 38.5 Å². The van der Waals surface area contributed by atoms with Gasteiger partial charge in [-0.05, 0) is 57.8 Å². The largest absolute Gasteiger partial charge is 0.550 e. The summed E-state index contributed by atoms with van der Waals surface area (Å²) in [7, 11) is 0. The minimum absolute atomic E-state index is 0.130. The van der Waals surface area contributed by atoms with Crippen molar-refractivity contribution in [2.75, 3.05) is 0 Å². The van der Waals surface area contributed by atoms with Gasteiger partial charge in [-0.15, -0.1) is 0 Å². The predicted octanol–water partition coefficient (Wildman–Crippen LogP) is -2.21. The maximum atomic E-state index is 10.4. The molecule has 1 aliphatic rings. The molecule has 0 aliphatic carbocycles. The van der Waals surface area contributed by atoms with Crippen LogP contribution in [-0.2, 0) is 28.6 Å². The average Bonchev–Trinajstić information content (AvgIpc) is 2.46. The first kappa shape index (κ1) is 20.3. The molecule has 0 atom stereocenters. The van der Waals surface area contributed by atoms with Crippen LogP contribution in [0.2, 0.25) is 0 Å². The summed E-state index contributed by atoms with van der Waals surface area (Å²) in [6.07, 6.45) is -0.656. The van der Waals surface area contributed by atoms with Crippen LogP contribution in [0.15, 0.2) is 0 Å². The Kier molecular flexibility index (Phi) is 9.28. The highest BCUT2D eigenvalue weighted by atomic mass is 16.9. The lowest BCUT2D eigenvalue weighted by Gasteiger charge is -2.36. The number of hydrogen-bond acceptors (Lipinski definition) is 9. The summed E-state index contributed by atoms with van der Waals surface area (Å²) in [4.78, 5) is 31.3. The first-order valence-corrected chi connectivity index (χ1v) is 7.92. The van der Waals surface area contributed by atoms with Crippen LogP contribution in [0, 0.1) is 0 Å². The maximum Gasteiger partial charge on any atom is 0.163 e. The highest BCUT2D eigenvalue weighted by Gasteiger charge is 2.29. The summed E-state index contributed by atoms with van der Waals surface area (Å²) in [5, 5.41) is 31.3. The van der Waals surface area contributed by atoms with Crippen molar-refractivity contribution in [3.63, 3.8) is 0 Å². The highest BCUT2D eigenvalue weighted by Crippen LogP contribution is 2.25. The van der Waals surface area contributed by atoms with E-state index in [9.17, 15) is 29.7 Å². The van der Waals surface area contributed by atoms with Crippen LogP contribution in [0.5, 0.6) is 0 Å². The fourth-order valence-corrected chi connectivity index (χ4v) is 2.25. The summed E-state index contributed by atoms with van der Waals surface area (Å²) in [5.41, 5.74) is 0. The molecule has 0 amide bonds. The number of carbonyl (C=O) groups is 3. The maximum absolute atomic E-state index is 10.4. The predicted molar refractivity (Wildman–Crippen MR) is 71.2 cm³/mol. The molecule has 1 aliphatic heterocycles. The Bertz CT molecular complexity index is 355. The quantitative estimate of drug-likeness (QED) is 0.383. The van der Waals surface area contributed by atoms with Crippen molar-refractivity contribution in [1.82, 2.24) is 0 Å². The number of aliphatic carboxylic acids is 3. The van der Waals surface area contributed by atoms with Gasteiger partial charge in [0.25, 0.3) is 0 Å². The van der Waals surface area contributed by atoms with Crippen LogP contribution in [0.25, 0.3) is 0 Å². The third-order valence-electron chi connectivity index (χ3n) is 3.37. The van der Waals surface area contributed by atoms with Gasteiger partial charge in [0.05, 0.1) is 0 Å². The monoisotopic (exact) mass is 345 g/mol. The summed E-state index contributed by atoms with van der Waals surface area (Å²) in [6, 6.07) is 0. The molecule has 1 saturated heterocycles. The molecular weight excluding hydrogens is 324 g/mol. The van der Waals surface area contributed by atoms with Gasteiger partial charge in [0, 0.05) is 17.9 Å². The molecule has 0 unspecified atom stereocenters. The lowest BCUT2D eigenvalue weighted by molar-refractivity contribution is -0.386. The molecular formula is C15H21O9-3. The van der Waals surface area contributed by atoms with Crippen LogP contribution in [0.3, 0.4) is 0 Å². The number of ether oxygens (including phenoxy) is 3. The average molecular weight is 345 g/mol. The normalized spacial score (nSPS) is 23.8. The Morgan fingerprint density at radius 3 is 1.04 bits per heavy atom. The van der Waals surface area contributed by atoms with Crippen LogP contribution in [-0.4, -0.2) is 36.8 Å². The number of rotatable bonds is 12. The number of carbonyl (C=O) groups excluding carboxylic acids is 3. The van der Waals surface area contributed by atoms with E-state index in [0.717, 1.165) is 0 Å². The van der Waals surface area contributed by atoms with E-state index in [-0.39, 0.29) is 19.3 Å². The van der Waals surface area contributed by atoms with E-state index in [1.807, 2.05) is 0 Å². The summed E-state index contributed by atoms with van der Waals surface area (Å²) in [5.74, 6) is -3.51. The molecule has 0 aromatic heterocycles. The SMILES string of the molecule is O=C([O-])CCCC1OC(CCCC(=O)[O-])OC(CCCC(=O)[O-])O1. The van der Waals surface area contributed by atoms with E-state index in [1.54, 1.807) is 0 Å². The second-order valence-electron chi connectivity index (χ2n) is 5.49. The van der Waals surface area contributed by atoms with Gasteiger partial charge in [0.15, 0.2) is 18.9 Å². The van der Waals surface area contributed by atoms with E-state index >= 15 is 0 Å². The van der Waals surface area contributed by atoms with E-state index < -0.39 is 36.8 Å². The second-order valence-corrected chi connectivity index (χ2v) is 5.49. The third kappa shape index (κ3) is 9.43. The minimum Gasteiger partial charge on any atom is -0.550 e. The molecule has 0 radical (unpaired) electrons. The molecule has 1 heterocycles. The standard InChI is InChI=1S/C15H24O9/c16-10(17)4-1-7-13-22-14(8-2-5-11(18)19)24-15(23-13)9-3-6-12(20)21/h13-15H,1-9H2,(H,16,17)(H,18,19)(H,20,21)/p-3. The Morgan fingerprint density at radius 1 is 0.583 bits per heavy atom. The van der Waals surface area contributed by atoms with E-state index in [4.69, 9.17) is 14.2 Å². The smallest absolute Gasteiger partial charge is 0.163 e. The summed E-state index contributed by atoms with van der Waals surface area (Å²) >= 11 is 0. The molecule has 0 saturated carbocycles. The van der Waals surface area contributed by atoms with Crippen LogP contribution in [0.4, 0.5) is 0 Å². The van der Waals surface area contributed by atoms with Gasteiger partial charge in [0.2, 0.25) is 0 Å². The molecule has 0 bridgehead atoms. The molecule has 0 aromatic carbocycles. The molecule has 0 aromatic rings. The van der Waals surface area contributed by atoms with Crippen LogP contribution in [0.1, 0.15) is 57.8 Å². The van der Waals surface area contributed by atoms with Gasteiger partial charge in [-0.25, -0.2) is 0 Å².